The van der Waals surface area contributed by atoms with Crippen molar-refractivity contribution < 1.29 is 9.59 Å². The van der Waals surface area contributed by atoms with Gasteiger partial charge in [0.15, 0.2) is 0 Å². The Morgan fingerprint density at radius 2 is 1.41 bits per heavy atom. The fraction of sp³-hybridized carbons (Fsp3) is 0.115. The van der Waals surface area contributed by atoms with Crippen LogP contribution in [0.2, 0.25) is 0 Å². The predicted octanol–water partition coefficient (Wildman–Crippen LogP) is 6.01. The average Bonchev–Trinajstić information content (AvgIpc) is 2.80. The third-order valence-electron chi connectivity index (χ3n) is 5.15. The van der Waals surface area contributed by atoms with Crippen LogP contribution in [0.3, 0.4) is 0 Å². The number of rotatable bonds is 7. The van der Waals surface area contributed by atoms with Crippen molar-refractivity contribution in [2.75, 3.05) is 5.32 Å². The predicted molar refractivity (Wildman–Crippen MR) is 134 cm³/mol. The summed E-state index contributed by atoms with van der Waals surface area (Å²) in [5.74, 6) is -0.352. The van der Waals surface area contributed by atoms with Gasteiger partial charge in [-0.1, -0.05) is 60.7 Å². The van der Waals surface area contributed by atoms with E-state index in [1.165, 1.54) is 0 Å². The lowest BCUT2D eigenvalue weighted by Gasteiger charge is -2.08. The lowest BCUT2D eigenvalue weighted by atomic mass is 9.97. The number of para-hydroxylation sites is 1. The van der Waals surface area contributed by atoms with E-state index in [-0.39, 0.29) is 24.7 Å². The molecular weight excluding hydrogens is 466 g/mol. The Kier molecular flexibility index (Phi) is 6.92. The molecule has 6 heteroatoms. The minimum atomic E-state index is -0.223. The molecule has 160 valence electrons. The van der Waals surface area contributed by atoms with E-state index >= 15 is 0 Å². The van der Waals surface area contributed by atoms with Crippen LogP contribution in [-0.2, 0) is 9.59 Å². The Morgan fingerprint density at radius 3 is 2.09 bits per heavy atom. The van der Waals surface area contributed by atoms with Crippen molar-refractivity contribution in [2.24, 2.45) is 5.10 Å². The molecule has 0 aromatic heterocycles. The lowest BCUT2D eigenvalue weighted by Crippen LogP contribution is -2.18. The molecule has 0 unspecified atom stereocenters. The lowest BCUT2D eigenvalue weighted by molar-refractivity contribution is -0.121. The summed E-state index contributed by atoms with van der Waals surface area (Å²) in [5, 5.41) is 11.4. The standard InChI is InChI=1S/C26H22BrN3O2/c27-23-12-5-6-13-24(23)29-25(31)14-7-15-26(32)30-28-17-22-20-10-3-1-8-18(20)16-19-9-2-4-11-21(19)22/h1-6,8-13,16-17H,7,14-15H2,(H,29,31)(H,30,32)/b28-17+. The number of hydrogen-bond donors (Lipinski definition) is 2. The van der Waals surface area contributed by atoms with E-state index < -0.39 is 0 Å². The number of amides is 2. The van der Waals surface area contributed by atoms with Crippen molar-refractivity contribution >= 4 is 61.2 Å². The number of carbonyl (C=O) groups is 2. The molecule has 0 radical (unpaired) electrons. The molecule has 0 aliphatic heterocycles. The molecule has 0 aliphatic carbocycles. The maximum absolute atomic E-state index is 12.2. The van der Waals surface area contributed by atoms with Crippen molar-refractivity contribution in [3.8, 4) is 0 Å². The maximum Gasteiger partial charge on any atom is 0.240 e. The summed E-state index contributed by atoms with van der Waals surface area (Å²) in [7, 11) is 0. The van der Waals surface area contributed by atoms with Gasteiger partial charge >= 0.3 is 0 Å². The number of hydrogen-bond acceptors (Lipinski definition) is 3. The number of anilines is 1. The summed E-state index contributed by atoms with van der Waals surface area (Å²) in [6.07, 6.45) is 2.61. The number of hydrazone groups is 1. The smallest absolute Gasteiger partial charge is 0.240 e. The second kappa shape index (κ2) is 10.2. The summed E-state index contributed by atoms with van der Waals surface area (Å²) in [4.78, 5) is 24.3. The second-order valence-electron chi connectivity index (χ2n) is 7.41. The van der Waals surface area contributed by atoms with E-state index in [0.29, 0.717) is 12.1 Å². The largest absolute Gasteiger partial charge is 0.325 e. The van der Waals surface area contributed by atoms with Crippen LogP contribution >= 0.6 is 15.9 Å². The summed E-state index contributed by atoms with van der Waals surface area (Å²) < 4.78 is 0.821. The van der Waals surface area contributed by atoms with Crippen molar-refractivity contribution in [3.63, 3.8) is 0 Å². The molecule has 0 atom stereocenters. The van der Waals surface area contributed by atoms with Crippen LogP contribution in [0.25, 0.3) is 21.5 Å². The van der Waals surface area contributed by atoms with Crippen molar-refractivity contribution in [3.05, 3.63) is 88.9 Å². The third kappa shape index (κ3) is 5.21. The normalized spacial score (nSPS) is 11.2. The molecule has 2 amide bonds. The number of halogens is 1. The highest BCUT2D eigenvalue weighted by Gasteiger charge is 2.08. The van der Waals surface area contributed by atoms with Gasteiger partial charge in [0.1, 0.15) is 0 Å². The van der Waals surface area contributed by atoms with E-state index in [2.05, 4.69) is 62.1 Å². The van der Waals surface area contributed by atoms with Gasteiger partial charge in [0, 0.05) is 22.9 Å². The van der Waals surface area contributed by atoms with Gasteiger partial charge in [0.05, 0.1) is 11.9 Å². The minimum Gasteiger partial charge on any atom is -0.325 e. The Bertz CT molecular complexity index is 1260. The molecule has 0 spiro atoms. The fourth-order valence-corrected chi connectivity index (χ4v) is 3.98. The van der Waals surface area contributed by atoms with Crippen LogP contribution in [0, 0.1) is 0 Å². The first kappa shape index (κ1) is 21.7. The molecule has 0 saturated carbocycles. The number of nitrogens with one attached hydrogen (secondary N) is 2. The Hall–Kier alpha value is -3.51. The highest BCUT2D eigenvalue weighted by Crippen LogP contribution is 2.27. The first-order chi connectivity index (χ1) is 15.6. The quantitative estimate of drug-likeness (QED) is 0.190. The zero-order chi connectivity index (χ0) is 22.3. The van der Waals surface area contributed by atoms with Gasteiger partial charge in [-0.25, -0.2) is 5.43 Å². The summed E-state index contributed by atoms with van der Waals surface area (Å²) in [5.41, 5.74) is 4.27. The van der Waals surface area contributed by atoms with Crippen LogP contribution in [0.5, 0.6) is 0 Å². The summed E-state index contributed by atoms with van der Waals surface area (Å²) in [6, 6.07) is 25.8. The van der Waals surface area contributed by atoms with Gasteiger partial charge in [0.25, 0.3) is 0 Å². The molecule has 2 N–H and O–H groups in total. The van der Waals surface area contributed by atoms with Gasteiger partial charge in [0.2, 0.25) is 11.8 Å². The zero-order valence-corrected chi connectivity index (χ0v) is 18.9. The summed E-state index contributed by atoms with van der Waals surface area (Å²) >= 11 is 3.40. The second-order valence-corrected chi connectivity index (χ2v) is 8.26. The number of fused-ring (bicyclic) bond motifs is 2. The number of carbonyl (C=O) groups excluding carboxylic acids is 2. The third-order valence-corrected chi connectivity index (χ3v) is 5.84. The van der Waals surface area contributed by atoms with Crippen LogP contribution in [0.1, 0.15) is 24.8 Å². The zero-order valence-electron chi connectivity index (χ0n) is 17.3. The van der Waals surface area contributed by atoms with Gasteiger partial charge in [-0.15, -0.1) is 0 Å². The number of nitrogens with zero attached hydrogens (tertiary/aromatic N) is 1. The molecule has 4 aromatic rings. The molecule has 0 bridgehead atoms. The van der Waals surface area contributed by atoms with Gasteiger partial charge in [-0.05, 0) is 62.1 Å². The average molecular weight is 488 g/mol. The SMILES string of the molecule is O=C(CCCC(=O)Nc1ccccc1Br)N/N=C/c1c2ccccc2cc2ccccc12. The molecule has 4 rings (SSSR count). The van der Waals surface area contributed by atoms with E-state index in [1.54, 1.807) is 6.21 Å². The van der Waals surface area contributed by atoms with Crippen LogP contribution in [0.15, 0.2) is 88.4 Å². The first-order valence-electron chi connectivity index (χ1n) is 10.4. The van der Waals surface area contributed by atoms with Gasteiger partial charge in [-0.3, -0.25) is 9.59 Å². The Balaban J connectivity index is 1.35. The molecule has 32 heavy (non-hydrogen) atoms. The van der Waals surface area contributed by atoms with Crippen molar-refractivity contribution in [1.29, 1.82) is 0 Å². The molecule has 0 heterocycles. The van der Waals surface area contributed by atoms with Crippen molar-refractivity contribution in [2.45, 2.75) is 19.3 Å². The van der Waals surface area contributed by atoms with E-state index in [0.717, 1.165) is 31.6 Å². The Labute approximate surface area is 194 Å². The molecule has 0 fully saturated rings. The summed E-state index contributed by atoms with van der Waals surface area (Å²) in [6.45, 7) is 0. The monoisotopic (exact) mass is 487 g/mol. The van der Waals surface area contributed by atoms with Gasteiger partial charge < -0.3 is 5.32 Å². The molecular formula is C26H22BrN3O2. The Morgan fingerprint density at radius 1 is 0.812 bits per heavy atom. The van der Waals surface area contributed by atoms with E-state index in [4.69, 9.17) is 0 Å². The topological polar surface area (TPSA) is 70.6 Å². The highest BCUT2D eigenvalue weighted by molar-refractivity contribution is 9.10. The molecule has 0 aliphatic rings. The molecule has 5 nitrogen and oxygen atoms in total. The minimum absolute atomic E-state index is 0.129. The van der Waals surface area contributed by atoms with E-state index in [9.17, 15) is 9.59 Å². The highest BCUT2D eigenvalue weighted by atomic mass is 79.9. The van der Waals surface area contributed by atoms with Gasteiger partial charge in [-0.2, -0.15) is 5.10 Å². The van der Waals surface area contributed by atoms with Crippen LogP contribution in [-0.4, -0.2) is 18.0 Å². The molecule has 0 saturated heterocycles. The maximum atomic E-state index is 12.2. The number of benzene rings is 4. The van der Waals surface area contributed by atoms with Crippen molar-refractivity contribution in [1.82, 2.24) is 5.43 Å². The van der Waals surface area contributed by atoms with Crippen LogP contribution < -0.4 is 10.7 Å². The first-order valence-corrected chi connectivity index (χ1v) is 11.2. The molecule has 4 aromatic carbocycles. The van der Waals surface area contributed by atoms with E-state index in [1.807, 2.05) is 48.5 Å². The fourth-order valence-electron chi connectivity index (χ4n) is 3.60. The van der Waals surface area contributed by atoms with Crippen LogP contribution in [0.4, 0.5) is 5.69 Å².